The molecular weight excluding hydrogens is 316 g/mol. The number of carbonyl (C=O) groups is 2. The van der Waals surface area contributed by atoms with Gasteiger partial charge in [0.05, 0.1) is 13.2 Å². The van der Waals surface area contributed by atoms with Crippen LogP contribution >= 0.6 is 0 Å². The highest BCUT2D eigenvalue weighted by molar-refractivity contribution is 5.95. The predicted octanol–water partition coefficient (Wildman–Crippen LogP) is 5.74. The molecule has 0 rings (SSSR count). The van der Waals surface area contributed by atoms with Crippen LogP contribution in [0.5, 0.6) is 0 Å². The molecule has 0 heterocycles. The lowest BCUT2D eigenvalue weighted by Gasteiger charge is -2.06. The second-order valence-electron chi connectivity index (χ2n) is 6.67. The van der Waals surface area contributed by atoms with E-state index in [0.29, 0.717) is 18.8 Å². The van der Waals surface area contributed by atoms with Crippen LogP contribution in [0.2, 0.25) is 0 Å². The maximum Gasteiger partial charge on any atom is 0.333 e. The van der Waals surface area contributed by atoms with E-state index in [-0.39, 0.29) is 0 Å². The number of rotatable bonds is 16. The molecule has 146 valence electrons. The molecule has 0 aromatic rings. The zero-order valence-electron chi connectivity index (χ0n) is 16.6. The fraction of sp³-hybridized carbons (Fsp3) is 0.810. The van der Waals surface area contributed by atoms with Crippen LogP contribution in [0.1, 0.15) is 97.8 Å². The number of ether oxygens (including phenoxy) is 2. The number of esters is 2. The summed E-state index contributed by atoms with van der Waals surface area (Å²) in [6, 6.07) is 0. The summed E-state index contributed by atoms with van der Waals surface area (Å²) in [7, 11) is 0. The molecule has 25 heavy (non-hydrogen) atoms. The molecule has 0 saturated heterocycles. The average molecular weight is 355 g/mol. The van der Waals surface area contributed by atoms with Gasteiger partial charge in [-0.1, -0.05) is 78.1 Å². The average Bonchev–Trinajstić information content (AvgIpc) is 2.59. The molecule has 4 heteroatoms. The van der Waals surface area contributed by atoms with Crippen LogP contribution in [0.25, 0.3) is 0 Å². The minimum absolute atomic E-state index is 0.305. The van der Waals surface area contributed by atoms with Crippen LogP contribution in [0, 0.1) is 0 Å². The first-order valence-corrected chi connectivity index (χ1v) is 10.1. The Morgan fingerprint density at radius 3 is 1.64 bits per heavy atom. The summed E-state index contributed by atoms with van der Waals surface area (Å²) in [4.78, 5) is 23.5. The van der Waals surface area contributed by atoms with Gasteiger partial charge in [0, 0.05) is 11.6 Å². The van der Waals surface area contributed by atoms with Gasteiger partial charge >= 0.3 is 11.9 Å². The Morgan fingerprint density at radius 2 is 1.12 bits per heavy atom. The number of unbranched alkanes of at least 4 members (excludes halogenated alkanes) is 10. The fourth-order valence-electron chi connectivity index (χ4n) is 2.49. The van der Waals surface area contributed by atoms with Gasteiger partial charge in [0.25, 0.3) is 0 Å². The zero-order valence-corrected chi connectivity index (χ0v) is 16.6. The minimum atomic E-state index is -0.456. The standard InChI is InChI=1S/C21H38O4/c1-4-6-8-10-12-14-16-24-20(22)18-19(3)21(23)25-17-15-13-11-9-7-5-2/h18H,4-17H2,1-3H3/b19-18+. The maximum atomic E-state index is 11.8. The van der Waals surface area contributed by atoms with E-state index in [1.165, 1.54) is 57.4 Å². The van der Waals surface area contributed by atoms with Crippen molar-refractivity contribution in [3.8, 4) is 0 Å². The Bertz CT molecular complexity index is 374. The monoisotopic (exact) mass is 354 g/mol. The largest absolute Gasteiger partial charge is 0.463 e. The number of hydrogen-bond acceptors (Lipinski definition) is 4. The highest BCUT2D eigenvalue weighted by atomic mass is 16.5. The molecule has 4 nitrogen and oxygen atoms in total. The Hall–Kier alpha value is -1.32. The fourth-order valence-corrected chi connectivity index (χ4v) is 2.49. The summed E-state index contributed by atoms with van der Waals surface area (Å²) < 4.78 is 10.3. The molecule has 0 fully saturated rings. The lowest BCUT2D eigenvalue weighted by atomic mass is 10.1. The lowest BCUT2D eigenvalue weighted by Crippen LogP contribution is -2.10. The van der Waals surface area contributed by atoms with Gasteiger partial charge in [-0.15, -0.1) is 0 Å². The smallest absolute Gasteiger partial charge is 0.333 e. The van der Waals surface area contributed by atoms with Crippen LogP contribution in [0.3, 0.4) is 0 Å². The van der Waals surface area contributed by atoms with Gasteiger partial charge in [0.1, 0.15) is 0 Å². The molecule has 0 bridgehead atoms. The summed E-state index contributed by atoms with van der Waals surface area (Å²) in [5.41, 5.74) is 0.305. The molecule has 0 aromatic carbocycles. The Labute approximate surface area is 154 Å². The lowest BCUT2D eigenvalue weighted by molar-refractivity contribution is -0.141. The zero-order chi connectivity index (χ0) is 18.8. The molecule has 0 N–H and O–H groups in total. The Kier molecular flexibility index (Phi) is 16.6. The predicted molar refractivity (Wildman–Crippen MR) is 102 cm³/mol. The highest BCUT2D eigenvalue weighted by Gasteiger charge is 2.08. The summed E-state index contributed by atoms with van der Waals surface area (Å²) in [5.74, 6) is -0.882. The Balaban J connectivity index is 3.71. The van der Waals surface area contributed by atoms with Gasteiger partial charge in [-0.05, 0) is 19.8 Å². The van der Waals surface area contributed by atoms with Crippen molar-refractivity contribution in [2.24, 2.45) is 0 Å². The second-order valence-corrected chi connectivity index (χ2v) is 6.67. The molecule has 0 saturated carbocycles. The molecule has 0 atom stereocenters. The van der Waals surface area contributed by atoms with Crippen LogP contribution < -0.4 is 0 Å². The minimum Gasteiger partial charge on any atom is -0.463 e. The third-order valence-electron chi connectivity index (χ3n) is 4.13. The SMILES string of the molecule is CCCCCCCCOC(=O)/C=C(\C)C(=O)OCCCCCCCC. The van der Waals surface area contributed by atoms with Crippen molar-refractivity contribution in [1.82, 2.24) is 0 Å². The third kappa shape index (κ3) is 15.9. The van der Waals surface area contributed by atoms with Crippen LogP contribution in [-0.2, 0) is 19.1 Å². The molecular formula is C21H38O4. The van der Waals surface area contributed by atoms with E-state index >= 15 is 0 Å². The summed E-state index contributed by atoms with van der Waals surface area (Å²) in [6.07, 6.45) is 15.0. The number of carbonyl (C=O) groups excluding carboxylic acids is 2. The summed E-state index contributed by atoms with van der Waals surface area (Å²) in [6.45, 7) is 6.81. The van der Waals surface area contributed by atoms with Gasteiger partial charge in [-0.2, -0.15) is 0 Å². The molecule has 0 aliphatic rings. The van der Waals surface area contributed by atoms with Gasteiger partial charge < -0.3 is 9.47 Å². The van der Waals surface area contributed by atoms with E-state index in [9.17, 15) is 9.59 Å². The second kappa shape index (κ2) is 17.5. The first-order valence-electron chi connectivity index (χ1n) is 10.1. The van der Waals surface area contributed by atoms with Crippen molar-refractivity contribution in [3.05, 3.63) is 11.6 Å². The van der Waals surface area contributed by atoms with Gasteiger partial charge in [-0.25, -0.2) is 9.59 Å². The van der Waals surface area contributed by atoms with E-state index in [0.717, 1.165) is 25.7 Å². The molecule has 0 amide bonds. The Morgan fingerprint density at radius 1 is 0.680 bits per heavy atom. The van der Waals surface area contributed by atoms with Crippen molar-refractivity contribution in [3.63, 3.8) is 0 Å². The summed E-state index contributed by atoms with van der Waals surface area (Å²) in [5, 5.41) is 0. The molecule has 0 unspecified atom stereocenters. The van der Waals surface area contributed by atoms with Crippen LogP contribution in [0.4, 0.5) is 0 Å². The first kappa shape index (κ1) is 23.7. The molecule has 0 radical (unpaired) electrons. The topological polar surface area (TPSA) is 52.6 Å². The van der Waals surface area contributed by atoms with E-state index in [4.69, 9.17) is 9.47 Å². The van der Waals surface area contributed by atoms with Gasteiger partial charge in [0.2, 0.25) is 0 Å². The number of hydrogen-bond donors (Lipinski definition) is 0. The van der Waals surface area contributed by atoms with Crippen LogP contribution in [0.15, 0.2) is 11.6 Å². The van der Waals surface area contributed by atoms with Gasteiger partial charge in [-0.3, -0.25) is 0 Å². The van der Waals surface area contributed by atoms with E-state index in [1.807, 2.05) is 0 Å². The van der Waals surface area contributed by atoms with Crippen molar-refractivity contribution in [1.29, 1.82) is 0 Å². The van der Waals surface area contributed by atoms with E-state index in [1.54, 1.807) is 6.92 Å². The van der Waals surface area contributed by atoms with E-state index < -0.39 is 11.9 Å². The third-order valence-corrected chi connectivity index (χ3v) is 4.13. The molecule has 0 aliphatic heterocycles. The van der Waals surface area contributed by atoms with Crippen molar-refractivity contribution in [2.75, 3.05) is 13.2 Å². The van der Waals surface area contributed by atoms with Crippen molar-refractivity contribution >= 4 is 11.9 Å². The first-order chi connectivity index (χ1) is 12.1. The van der Waals surface area contributed by atoms with E-state index in [2.05, 4.69) is 13.8 Å². The van der Waals surface area contributed by atoms with Crippen LogP contribution in [-0.4, -0.2) is 25.2 Å². The normalized spacial score (nSPS) is 11.4. The van der Waals surface area contributed by atoms with Crippen molar-refractivity contribution < 1.29 is 19.1 Å². The highest BCUT2D eigenvalue weighted by Crippen LogP contribution is 2.07. The molecule has 0 spiro atoms. The van der Waals surface area contributed by atoms with Gasteiger partial charge in [0.15, 0.2) is 0 Å². The summed E-state index contributed by atoms with van der Waals surface area (Å²) >= 11 is 0. The molecule has 0 aromatic heterocycles. The molecule has 0 aliphatic carbocycles. The van der Waals surface area contributed by atoms with Crippen molar-refractivity contribution in [2.45, 2.75) is 97.8 Å². The quantitative estimate of drug-likeness (QED) is 0.201. The maximum absolute atomic E-state index is 11.8.